The zero-order chi connectivity index (χ0) is 20.6. The molecule has 3 aromatic heterocycles. The van der Waals surface area contributed by atoms with Crippen molar-refractivity contribution in [3.8, 4) is 0 Å². The SMILES string of the molecule is CCCc1cnn2c(NC)cc(C3CCN(C)CC3)nc12.O=Cc1cccnc1. The normalized spacial score (nSPS) is 15.0. The van der Waals surface area contributed by atoms with E-state index in [0.717, 1.165) is 43.7 Å². The Labute approximate surface area is 172 Å². The lowest BCUT2D eigenvalue weighted by Gasteiger charge is -2.28. The standard InChI is InChI=1S/C16H25N5.C6H5NO/c1-4-5-13-11-18-21-15(17-2)10-14(19-16(13)21)12-6-8-20(3)9-7-12;8-5-6-2-1-3-7-4-6/h10-12,17H,4-9H2,1-3H3;1-5H. The van der Waals surface area contributed by atoms with Gasteiger partial charge in [-0.3, -0.25) is 9.78 Å². The molecule has 3 aromatic rings. The van der Waals surface area contributed by atoms with E-state index in [1.807, 2.05) is 17.8 Å². The Balaban J connectivity index is 0.000000252. The van der Waals surface area contributed by atoms with Gasteiger partial charge in [0.1, 0.15) is 5.82 Å². The molecule has 0 aromatic carbocycles. The second kappa shape index (κ2) is 10.1. The van der Waals surface area contributed by atoms with Crippen molar-refractivity contribution in [2.24, 2.45) is 0 Å². The van der Waals surface area contributed by atoms with E-state index >= 15 is 0 Å². The highest BCUT2D eigenvalue weighted by Gasteiger charge is 2.21. The fraction of sp³-hybridized carbons (Fsp3) is 0.455. The summed E-state index contributed by atoms with van der Waals surface area (Å²) in [5.74, 6) is 1.61. The molecule has 0 aliphatic carbocycles. The van der Waals surface area contributed by atoms with Crippen LogP contribution in [0.2, 0.25) is 0 Å². The van der Waals surface area contributed by atoms with Gasteiger partial charge in [0, 0.05) is 48.2 Å². The number of hydrogen-bond donors (Lipinski definition) is 1. The van der Waals surface area contributed by atoms with Gasteiger partial charge in [0.25, 0.3) is 0 Å². The minimum Gasteiger partial charge on any atom is -0.373 e. The van der Waals surface area contributed by atoms with Crippen molar-refractivity contribution in [1.29, 1.82) is 0 Å². The van der Waals surface area contributed by atoms with Gasteiger partial charge in [-0.15, -0.1) is 0 Å². The molecule has 1 fully saturated rings. The number of likely N-dealkylation sites (tertiary alicyclic amines) is 1. The molecule has 0 atom stereocenters. The molecule has 0 saturated carbocycles. The number of fused-ring (bicyclic) bond motifs is 1. The van der Waals surface area contributed by atoms with Crippen molar-refractivity contribution in [3.63, 3.8) is 0 Å². The van der Waals surface area contributed by atoms with Crippen LogP contribution in [0.25, 0.3) is 5.65 Å². The predicted octanol–water partition coefficient (Wildman–Crippen LogP) is 3.43. The van der Waals surface area contributed by atoms with E-state index in [2.05, 4.69) is 40.3 Å². The average Bonchev–Trinajstić information content (AvgIpc) is 3.18. The molecule has 154 valence electrons. The average molecular weight is 395 g/mol. The Morgan fingerprint density at radius 2 is 2.07 bits per heavy atom. The van der Waals surface area contributed by atoms with Crippen LogP contribution in [0.15, 0.2) is 36.8 Å². The van der Waals surface area contributed by atoms with Crippen LogP contribution in [0.4, 0.5) is 5.82 Å². The van der Waals surface area contributed by atoms with Crippen LogP contribution in [0.3, 0.4) is 0 Å². The molecule has 0 unspecified atom stereocenters. The lowest BCUT2D eigenvalue weighted by atomic mass is 9.93. The van der Waals surface area contributed by atoms with E-state index in [1.165, 1.54) is 30.3 Å². The fourth-order valence-electron chi connectivity index (χ4n) is 3.61. The molecule has 1 aliphatic heterocycles. The quantitative estimate of drug-likeness (QED) is 0.668. The van der Waals surface area contributed by atoms with Gasteiger partial charge in [-0.1, -0.05) is 13.3 Å². The van der Waals surface area contributed by atoms with Crippen molar-refractivity contribution in [2.75, 3.05) is 32.5 Å². The van der Waals surface area contributed by atoms with Gasteiger partial charge in [0.2, 0.25) is 0 Å². The summed E-state index contributed by atoms with van der Waals surface area (Å²) in [7, 11) is 4.15. The number of aryl methyl sites for hydroxylation is 1. The van der Waals surface area contributed by atoms with Gasteiger partial charge >= 0.3 is 0 Å². The topological polar surface area (TPSA) is 75.4 Å². The molecule has 4 heterocycles. The van der Waals surface area contributed by atoms with E-state index in [0.29, 0.717) is 11.5 Å². The van der Waals surface area contributed by atoms with E-state index in [9.17, 15) is 4.79 Å². The third-order valence-corrected chi connectivity index (χ3v) is 5.30. The highest BCUT2D eigenvalue weighted by molar-refractivity contribution is 5.73. The number of aldehydes is 1. The lowest BCUT2D eigenvalue weighted by Crippen LogP contribution is -2.29. The van der Waals surface area contributed by atoms with Gasteiger partial charge in [-0.05, 0) is 51.5 Å². The number of carbonyl (C=O) groups is 1. The van der Waals surface area contributed by atoms with E-state index in [-0.39, 0.29) is 0 Å². The smallest absolute Gasteiger partial charge is 0.160 e. The summed E-state index contributed by atoms with van der Waals surface area (Å²) in [5.41, 5.74) is 4.12. The zero-order valence-electron chi connectivity index (χ0n) is 17.5. The van der Waals surface area contributed by atoms with Crippen LogP contribution < -0.4 is 5.32 Å². The molecule has 1 aliphatic rings. The highest BCUT2D eigenvalue weighted by Crippen LogP contribution is 2.29. The number of nitrogens with one attached hydrogen (secondary N) is 1. The van der Waals surface area contributed by atoms with Crippen LogP contribution >= 0.6 is 0 Å². The summed E-state index contributed by atoms with van der Waals surface area (Å²) in [6.45, 7) is 4.52. The number of aromatic nitrogens is 4. The minimum absolute atomic E-state index is 0.572. The Morgan fingerprint density at radius 1 is 1.28 bits per heavy atom. The first kappa shape index (κ1) is 20.9. The molecule has 0 spiro atoms. The first-order chi connectivity index (χ1) is 14.2. The van der Waals surface area contributed by atoms with Crippen LogP contribution in [0.5, 0.6) is 0 Å². The van der Waals surface area contributed by atoms with Gasteiger partial charge in [-0.25, -0.2) is 4.98 Å². The van der Waals surface area contributed by atoms with Gasteiger partial charge < -0.3 is 10.2 Å². The summed E-state index contributed by atoms with van der Waals surface area (Å²) in [5, 5.41) is 7.75. The largest absolute Gasteiger partial charge is 0.373 e. The summed E-state index contributed by atoms with van der Waals surface area (Å²) < 4.78 is 1.93. The maximum Gasteiger partial charge on any atom is 0.160 e. The molecule has 1 saturated heterocycles. The third-order valence-electron chi connectivity index (χ3n) is 5.30. The lowest BCUT2D eigenvalue weighted by molar-refractivity contribution is 0.112. The van der Waals surface area contributed by atoms with Crippen LogP contribution in [0.1, 0.15) is 53.7 Å². The summed E-state index contributed by atoms with van der Waals surface area (Å²) in [4.78, 5) is 21.0. The Morgan fingerprint density at radius 3 is 2.66 bits per heavy atom. The highest BCUT2D eigenvalue weighted by atomic mass is 16.1. The van der Waals surface area contributed by atoms with Crippen LogP contribution in [-0.2, 0) is 6.42 Å². The second-order valence-electron chi connectivity index (χ2n) is 7.45. The Hall–Kier alpha value is -2.80. The second-order valence-corrected chi connectivity index (χ2v) is 7.45. The molecule has 0 radical (unpaired) electrons. The van der Waals surface area contributed by atoms with Crippen molar-refractivity contribution < 1.29 is 4.79 Å². The third kappa shape index (κ3) is 5.17. The van der Waals surface area contributed by atoms with E-state index in [4.69, 9.17) is 4.98 Å². The van der Waals surface area contributed by atoms with Gasteiger partial charge in [-0.2, -0.15) is 9.61 Å². The summed E-state index contributed by atoms with van der Waals surface area (Å²) in [6.07, 6.45) is 10.4. The maximum absolute atomic E-state index is 9.97. The fourth-order valence-corrected chi connectivity index (χ4v) is 3.61. The molecule has 1 N–H and O–H groups in total. The summed E-state index contributed by atoms with van der Waals surface area (Å²) >= 11 is 0. The van der Waals surface area contributed by atoms with Gasteiger partial charge in [0.05, 0.1) is 6.20 Å². The number of piperidine rings is 1. The number of anilines is 1. The van der Waals surface area contributed by atoms with E-state index in [1.54, 1.807) is 18.3 Å². The Bertz CT molecular complexity index is 916. The van der Waals surface area contributed by atoms with Crippen molar-refractivity contribution in [1.82, 2.24) is 24.5 Å². The van der Waals surface area contributed by atoms with Crippen LogP contribution in [0, 0.1) is 0 Å². The number of hydrogen-bond acceptors (Lipinski definition) is 6. The van der Waals surface area contributed by atoms with Crippen molar-refractivity contribution in [3.05, 3.63) is 53.6 Å². The number of nitrogens with zero attached hydrogens (tertiary/aromatic N) is 5. The molecular weight excluding hydrogens is 364 g/mol. The monoisotopic (exact) mass is 394 g/mol. The minimum atomic E-state index is 0.572. The number of carbonyl (C=O) groups excluding carboxylic acids is 1. The first-order valence-electron chi connectivity index (χ1n) is 10.2. The van der Waals surface area contributed by atoms with E-state index < -0.39 is 0 Å². The maximum atomic E-state index is 9.97. The molecule has 0 bridgehead atoms. The van der Waals surface area contributed by atoms with Gasteiger partial charge in [0.15, 0.2) is 11.9 Å². The molecular formula is C22H30N6O. The van der Waals surface area contributed by atoms with Crippen molar-refractivity contribution in [2.45, 2.75) is 38.5 Å². The predicted molar refractivity (Wildman–Crippen MR) is 116 cm³/mol. The summed E-state index contributed by atoms with van der Waals surface area (Å²) in [6, 6.07) is 5.61. The number of rotatable bonds is 5. The Kier molecular flexibility index (Phi) is 7.30. The zero-order valence-corrected chi connectivity index (χ0v) is 17.5. The first-order valence-corrected chi connectivity index (χ1v) is 10.2. The molecule has 7 heteroatoms. The molecule has 7 nitrogen and oxygen atoms in total. The molecule has 0 amide bonds. The van der Waals surface area contributed by atoms with Crippen molar-refractivity contribution >= 4 is 17.8 Å². The molecule has 29 heavy (non-hydrogen) atoms. The van der Waals surface area contributed by atoms with Crippen LogP contribution in [-0.4, -0.2) is 58.0 Å². The molecule has 4 rings (SSSR count). The number of pyridine rings is 1.